The Morgan fingerprint density at radius 1 is 1.24 bits per heavy atom. The SMILES string of the molecule is CCC1CCCCN1C(=O)CN(C(C)=O)c1cccc2cccnc12. The van der Waals surface area contributed by atoms with Gasteiger partial charge in [-0.1, -0.05) is 25.1 Å². The fourth-order valence-electron chi connectivity index (χ4n) is 3.65. The summed E-state index contributed by atoms with van der Waals surface area (Å²) >= 11 is 0. The first-order valence-electron chi connectivity index (χ1n) is 9.03. The molecule has 2 amide bonds. The van der Waals surface area contributed by atoms with Crippen LogP contribution in [0.15, 0.2) is 36.5 Å². The van der Waals surface area contributed by atoms with E-state index in [1.165, 1.54) is 13.3 Å². The minimum atomic E-state index is -0.142. The summed E-state index contributed by atoms with van der Waals surface area (Å²) in [6.45, 7) is 4.48. The molecule has 0 bridgehead atoms. The molecule has 1 atom stereocenters. The Morgan fingerprint density at radius 3 is 2.80 bits per heavy atom. The number of likely N-dealkylation sites (tertiary alicyclic amines) is 1. The molecule has 1 aliphatic heterocycles. The zero-order valence-corrected chi connectivity index (χ0v) is 14.9. The van der Waals surface area contributed by atoms with E-state index in [1.54, 1.807) is 11.1 Å². The molecule has 2 heterocycles. The van der Waals surface area contributed by atoms with Gasteiger partial charge in [-0.2, -0.15) is 0 Å². The van der Waals surface area contributed by atoms with E-state index in [4.69, 9.17) is 0 Å². The Balaban J connectivity index is 1.89. The van der Waals surface area contributed by atoms with Gasteiger partial charge in [-0.05, 0) is 37.8 Å². The third-order valence-electron chi connectivity index (χ3n) is 4.99. The van der Waals surface area contributed by atoms with E-state index in [-0.39, 0.29) is 18.4 Å². The van der Waals surface area contributed by atoms with Crippen molar-refractivity contribution in [3.05, 3.63) is 36.5 Å². The molecule has 25 heavy (non-hydrogen) atoms. The van der Waals surface area contributed by atoms with Crippen LogP contribution < -0.4 is 4.90 Å². The van der Waals surface area contributed by atoms with E-state index in [2.05, 4.69) is 11.9 Å². The maximum Gasteiger partial charge on any atom is 0.242 e. The highest BCUT2D eigenvalue weighted by Crippen LogP contribution is 2.26. The van der Waals surface area contributed by atoms with Gasteiger partial charge in [-0.25, -0.2) is 0 Å². The van der Waals surface area contributed by atoms with Crippen molar-refractivity contribution in [1.29, 1.82) is 0 Å². The second kappa shape index (κ2) is 7.64. The number of piperidine rings is 1. The van der Waals surface area contributed by atoms with Crippen molar-refractivity contribution in [2.75, 3.05) is 18.0 Å². The van der Waals surface area contributed by atoms with Crippen molar-refractivity contribution in [2.45, 2.75) is 45.6 Å². The lowest BCUT2D eigenvalue weighted by atomic mass is 10.00. The lowest BCUT2D eigenvalue weighted by Crippen LogP contribution is -2.48. The van der Waals surface area contributed by atoms with Crippen LogP contribution in [0.3, 0.4) is 0 Å². The van der Waals surface area contributed by atoms with Gasteiger partial charge in [0.1, 0.15) is 6.54 Å². The fourth-order valence-corrected chi connectivity index (χ4v) is 3.65. The van der Waals surface area contributed by atoms with Gasteiger partial charge in [-0.15, -0.1) is 0 Å². The summed E-state index contributed by atoms with van der Waals surface area (Å²) in [6.07, 6.45) is 5.94. The van der Waals surface area contributed by atoms with Crippen molar-refractivity contribution in [2.24, 2.45) is 0 Å². The first-order chi connectivity index (χ1) is 12.1. The molecule has 0 aliphatic carbocycles. The molecular formula is C20H25N3O2. The van der Waals surface area contributed by atoms with Gasteiger partial charge in [0.25, 0.3) is 0 Å². The minimum Gasteiger partial charge on any atom is -0.338 e. The second-order valence-corrected chi connectivity index (χ2v) is 6.60. The van der Waals surface area contributed by atoms with Gasteiger partial charge >= 0.3 is 0 Å². The molecule has 5 nitrogen and oxygen atoms in total. The number of hydrogen-bond donors (Lipinski definition) is 0. The van der Waals surface area contributed by atoms with Crippen molar-refractivity contribution in [3.63, 3.8) is 0 Å². The number of aromatic nitrogens is 1. The number of rotatable bonds is 4. The number of anilines is 1. The quantitative estimate of drug-likeness (QED) is 0.858. The van der Waals surface area contributed by atoms with Crippen LogP contribution in [0.2, 0.25) is 0 Å². The number of amides is 2. The van der Waals surface area contributed by atoms with E-state index < -0.39 is 0 Å². The molecule has 0 N–H and O–H groups in total. The Labute approximate surface area is 148 Å². The molecule has 1 unspecified atom stereocenters. The first-order valence-corrected chi connectivity index (χ1v) is 9.03. The normalized spacial score (nSPS) is 17.5. The molecule has 132 valence electrons. The summed E-state index contributed by atoms with van der Waals surface area (Å²) in [7, 11) is 0. The summed E-state index contributed by atoms with van der Waals surface area (Å²) in [5, 5.41) is 0.961. The number of carbonyl (C=O) groups excluding carboxylic acids is 2. The van der Waals surface area contributed by atoms with Crippen molar-refractivity contribution in [1.82, 2.24) is 9.88 Å². The number of pyridine rings is 1. The monoisotopic (exact) mass is 339 g/mol. The number of para-hydroxylation sites is 1. The van der Waals surface area contributed by atoms with E-state index in [1.807, 2.05) is 35.2 Å². The van der Waals surface area contributed by atoms with E-state index in [0.29, 0.717) is 11.7 Å². The van der Waals surface area contributed by atoms with Crippen molar-refractivity contribution < 1.29 is 9.59 Å². The topological polar surface area (TPSA) is 53.5 Å². The van der Waals surface area contributed by atoms with Gasteiger partial charge in [0.2, 0.25) is 11.8 Å². The Bertz CT molecular complexity index is 769. The van der Waals surface area contributed by atoms with Crippen molar-refractivity contribution in [3.8, 4) is 0 Å². The summed E-state index contributed by atoms with van der Waals surface area (Å²) < 4.78 is 0. The molecule has 1 fully saturated rings. The number of carbonyl (C=O) groups is 2. The number of nitrogens with zero attached hydrogens (tertiary/aromatic N) is 3. The fraction of sp³-hybridized carbons (Fsp3) is 0.450. The summed E-state index contributed by atoms with van der Waals surface area (Å²) in [6, 6.07) is 9.84. The number of hydrogen-bond acceptors (Lipinski definition) is 3. The van der Waals surface area contributed by atoms with Crippen LogP contribution >= 0.6 is 0 Å². The molecule has 1 saturated heterocycles. The van der Waals surface area contributed by atoms with Crippen LogP contribution in [0.5, 0.6) is 0 Å². The van der Waals surface area contributed by atoms with Crippen LogP contribution in [0, 0.1) is 0 Å². The average molecular weight is 339 g/mol. The van der Waals surface area contributed by atoms with Crippen LogP contribution in [0.4, 0.5) is 5.69 Å². The summed E-state index contributed by atoms with van der Waals surface area (Å²) in [5.74, 6) is -0.119. The van der Waals surface area contributed by atoms with E-state index >= 15 is 0 Å². The average Bonchev–Trinajstić information content (AvgIpc) is 2.65. The Hall–Kier alpha value is -2.43. The molecule has 0 radical (unpaired) electrons. The van der Waals surface area contributed by atoms with Crippen LogP contribution in [0.1, 0.15) is 39.5 Å². The summed E-state index contributed by atoms with van der Waals surface area (Å²) in [5.41, 5.74) is 1.45. The molecule has 0 saturated carbocycles. The molecule has 2 aromatic rings. The molecule has 1 aromatic heterocycles. The molecule has 5 heteroatoms. The van der Waals surface area contributed by atoms with E-state index in [9.17, 15) is 9.59 Å². The van der Waals surface area contributed by atoms with Crippen LogP contribution in [0.25, 0.3) is 10.9 Å². The Kier molecular flexibility index (Phi) is 5.31. The minimum absolute atomic E-state index is 0.0229. The lowest BCUT2D eigenvalue weighted by Gasteiger charge is -2.36. The summed E-state index contributed by atoms with van der Waals surface area (Å²) in [4.78, 5) is 33.1. The van der Waals surface area contributed by atoms with E-state index in [0.717, 1.165) is 36.7 Å². The standard InChI is InChI=1S/C20H25N3O2/c1-3-17-10-4-5-13-22(17)19(25)14-23(15(2)24)18-11-6-8-16-9-7-12-21-20(16)18/h6-9,11-12,17H,3-5,10,13-14H2,1-2H3. The molecule has 1 aromatic carbocycles. The molecule has 3 rings (SSSR count). The highest BCUT2D eigenvalue weighted by molar-refractivity contribution is 6.04. The van der Waals surface area contributed by atoms with Crippen molar-refractivity contribution >= 4 is 28.4 Å². The smallest absolute Gasteiger partial charge is 0.242 e. The highest BCUT2D eigenvalue weighted by atomic mass is 16.2. The van der Waals surface area contributed by atoms with Gasteiger partial charge in [0, 0.05) is 31.1 Å². The zero-order valence-electron chi connectivity index (χ0n) is 14.9. The molecular weight excluding hydrogens is 314 g/mol. The third-order valence-corrected chi connectivity index (χ3v) is 4.99. The lowest BCUT2D eigenvalue weighted by molar-refractivity contribution is -0.134. The van der Waals surface area contributed by atoms with Gasteiger partial charge in [0.15, 0.2) is 0 Å². The first kappa shape index (κ1) is 17.4. The molecule has 1 aliphatic rings. The van der Waals surface area contributed by atoms with Crippen LogP contribution in [-0.4, -0.2) is 40.8 Å². The number of fused-ring (bicyclic) bond motifs is 1. The predicted molar refractivity (Wildman–Crippen MR) is 99.4 cm³/mol. The predicted octanol–water partition coefficient (Wildman–Crippen LogP) is 3.38. The largest absolute Gasteiger partial charge is 0.338 e. The van der Waals surface area contributed by atoms with Gasteiger partial charge in [-0.3, -0.25) is 14.6 Å². The number of benzene rings is 1. The zero-order chi connectivity index (χ0) is 17.8. The van der Waals surface area contributed by atoms with Gasteiger partial charge in [0.05, 0.1) is 11.2 Å². The highest BCUT2D eigenvalue weighted by Gasteiger charge is 2.28. The maximum absolute atomic E-state index is 12.9. The third kappa shape index (κ3) is 3.65. The van der Waals surface area contributed by atoms with Crippen LogP contribution in [-0.2, 0) is 9.59 Å². The molecule has 0 spiro atoms. The second-order valence-electron chi connectivity index (χ2n) is 6.60. The van der Waals surface area contributed by atoms with Gasteiger partial charge < -0.3 is 9.80 Å². The Morgan fingerprint density at radius 2 is 2.04 bits per heavy atom. The maximum atomic E-state index is 12.9.